The van der Waals surface area contributed by atoms with Crippen LogP contribution in [0.4, 0.5) is 26.2 Å². The van der Waals surface area contributed by atoms with E-state index in [1.807, 2.05) is 0 Å². The molecule has 0 radical (unpaired) electrons. The molecule has 0 aromatic heterocycles. The zero-order chi connectivity index (χ0) is 13.8. The van der Waals surface area contributed by atoms with Gasteiger partial charge in [0.1, 0.15) is 5.82 Å². The lowest BCUT2D eigenvalue weighted by molar-refractivity contribution is 0.258. The molecule has 2 amide bonds. The van der Waals surface area contributed by atoms with Crippen LogP contribution in [0.3, 0.4) is 0 Å². The Bertz CT molecular complexity index is 583. The molecule has 5 heteroatoms. The van der Waals surface area contributed by atoms with Crippen molar-refractivity contribution >= 4 is 23.1 Å². The van der Waals surface area contributed by atoms with Crippen molar-refractivity contribution in [1.82, 2.24) is 0 Å². The van der Waals surface area contributed by atoms with Gasteiger partial charge in [-0.3, -0.25) is 4.90 Å². The largest absolute Gasteiger partial charge is 0.399 e. The fraction of sp³-hybridized carbons (Fsp3) is 0.0714. The third-order valence-electron chi connectivity index (χ3n) is 2.70. The lowest BCUT2D eigenvalue weighted by Gasteiger charge is -2.18. The Balaban J connectivity index is 2.12. The second kappa shape index (κ2) is 5.39. The second-order valence-corrected chi connectivity index (χ2v) is 4.06. The quantitative estimate of drug-likeness (QED) is 0.814. The predicted octanol–water partition coefficient (Wildman–Crippen LogP) is 3.08. The molecule has 0 aliphatic rings. The van der Waals surface area contributed by atoms with Gasteiger partial charge in [0.15, 0.2) is 0 Å². The first kappa shape index (κ1) is 12.9. The van der Waals surface area contributed by atoms with Crippen molar-refractivity contribution in [2.24, 2.45) is 0 Å². The summed E-state index contributed by atoms with van der Waals surface area (Å²) in [5.41, 5.74) is 7.01. The van der Waals surface area contributed by atoms with Gasteiger partial charge < -0.3 is 11.1 Å². The average molecular weight is 259 g/mol. The molecule has 2 rings (SSSR count). The molecule has 0 saturated heterocycles. The number of hydrogen-bond donors (Lipinski definition) is 2. The van der Waals surface area contributed by atoms with Crippen LogP contribution in [0.2, 0.25) is 0 Å². The fourth-order valence-electron chi connectivity index (χ4n) is 1.58. The Kier molecular flexibility index (Phi) is 3.66. The van der Waals surface area contributed by atoms with Crippen LogP contribution in [0, 0.1) is 5.82 Å². The van der Waals surface area contributed by atoms with Crippen molar-refractivity contribution in [2.75, 3.05) is 23.0 Å². The number of carbonyl (C=O) groups is 1. The third-order valence-corrected chi connectivity index (χ3v) is 2.70. The van der Waals surface area contributed by atoms with E-state index < -0.39 is 11.8 Å². The average Bonchev–Trinajstić information content (AvgIpc) is 2.41. The van der Waals surface area contributed by atoms with Crippen molar-refractivity contribution in [3.8, 4) is 0 Å². The van der Waals surface area contributed by atoms with E-state index in [1.165, 1.54) is 17.0 Å². The standard InChI is InChI=1S/C14H14FN3O/c1-18(11-8-6-10(16)7-9-11)14(19)17-13-5-3-2-4-12(13)15/h2-9H,16H2,1H3,(H,17,19). The van der Waals surface area contributed by atoms with Crippen LogP contribution in [0.25, 0.3) is 0 Å². The molecule has 3 N–H and O–H groups in total. The summed E-state index contributed by atoms with van der Waals surface area (Å²) in [4.78, 5) is 13.3. The summed E-state index contributed by atoms with van der Waals surface area (Å²) in [6.07, 6.45) is 0. The molecule has 0 heterocycles. The van der Waals surface area contributed by atoms with E-state index in [-0.39, 0.29) is 5.69 Å². The van der Waals surface area contributed by atoms with Crippen LogP contribution in [0.1, 0.15) is 0 Å². The van der Waals surface area contributed by atoms with Gasteiger partial charge in [0.2, 0.25) is 0 Å². The van der Waals surface area contributed by atoms with E-state index in [9.17, 15) is 9.18 Å². The molecule has 19 heavy (non-hydrogen) atoms. The molecule has 0 spiro atoms. The maximum absolute atomic E-state index is 13.4. The Labute approximate surface area is 110 Å². The van der Waals surface area contributed by atoms with Gasteiger partial charge in [-0.2, -0.15) is 0 Å². The number of nitrogens with two attached hydrogens (primary N) is 1. The maximum atomic E-state index is 13.4. The first-order chi connectivity index (χ1) is 9.08. The number of para-hydroxylation sites is 1. The van der Waals surface area contributed by atoms with Gasteiger partial charge in [0, 0.05) is 18.4 Å². The van der Waals surface area contributed by atoms with Crippen LogP contribution in [0.15, 0.2) is 48.5 Å². The molecule has 2 aromatic carbocycles. The molecular weight excluding hydrogens is 245 g/mol. The van der Waals surface area contributed by atoms with Gasteiger partial charge in [-0.15, -0.1) is 0 Å². The molecule has 0 aliphatic carbocycles. The van der Waals surface area contributed by atoms with Gasteiger partial charge in [-0.25, -0.2) is 9.18 Å². The number of rotatable bonds is 2. The minimum atomic E-state index is -0.471. The Morgan fingerprint density at radius 1 is 1.16 bits per heavy atom. The highest BCUT2D eigenvalue weighted by Crippen LogP contribution is 2.17. The molecule has 4 nitrogen and oxygen atoms in total. The van der Waals surface area contributed by atoms with Crippen LogP contribution in [-0.4, -0.2) is 13.1 Å². The number of amides is 2. The topological polar surface area (TPSA) is 58.4 Å². The van der Waals surface area contributed by atoms with Crippen molar-refractivity contribution in [1.29, 1.82) is 0 Å². The summed E-state index contributed by atoms with van der Waals surface area (Å²) in [7, 11) is 1.60. The van der Waals surface area contributed by atoms with Crippen LogP contribution < -0.4 is 16.0 Å². The Morgan fingerprint density at radius 2 is 1.79 bits per heavy atom. The number of hydrogen-bond acceptors (Lipinski definition) is 2. The number of anilines is 3. The highest BCUT2D eigenvalue weighted by Gasteiger charge is 2.12. The first-order valence-corrected chi connectivity index (χ1v) is 5.72. The van der Waals surface area contributed by atoms with E-state index >= 15 is 0 Å². The van der Waals surface area contributed by atoms with E-state index in [1.54, 1.807) is 43.4 Å². The normalized spacial score (nSPS) is 10.0. The first-order valence-electron chi connectivity index (χ1n) is 5.72. The molecular formula is C14H14FN3O. The van der Waals surface area contributed by atoms with Crippen molar-refractivity contribution in [3.63, 3.8) is 0 Å². The number of halogens is 1. The van der Waals surface area contributed by atoms with Gasteiger partial charge in [-0.05, 0) is 36.4 Å². The lowest BCUT2D eigenvalue weighted by atomic mass is 10.2. The maximum Gasteiger partial charge on any atom is 0.326 e. The van der Waals surface area contributed by atoms with E-state index in [4.69, 9.17) is 5.73 Å². The smallest absolute Gasteiger partial charge is 0.326 e. The molecule has 0 bridgehead atoms. The number of benzene rings is 2. The van der Waals surface area contributed by atoms with Crippen molar-refractivity contribution in [3.05, 3.63) is 54.3 Å². The van der Waals surface area contributed by atoms with Crippen LogP contribution >= 0.6 is 0 Å². The monoisotopic (exact) mass is 259 g/mol. The molecule has 2 aromatic rings. The minimum absolute atomic E-state index is 0.148. The Morgan fingerprint density at radius 3 is 2.42 bits per heavy atom. The molecule has 0 aliphatic heterocycles. The van der Waals surface area contributed by atoms with Crippen LogP contribution in [-0.2, 0) is 0 Å². The number of nitrogens with zero attached hydrogens (tertiary/aromatic N) is 1. The zero-order valence-electron chi connectivity index (χ0n) is 10.4. The second-order valence-electron chi connectivity index (χ2n) is 4.06. The van der Waals surface area contributed by atoms with E-state index in [0.717, 1.165) is 0 Å². The number of carbonyl (C=O) groups excluding carboxylic acids is 1. The predicted molar refractivity (Wildman–Crippen MR) is 74.7 cm³/mol. The van der Waals surface area contributed by atoms with E-state index in [0.29, 0.717) is 11.4 Å². The lowest BCUT2D eigenvalue weighted by Crippen LogP contribution is -2.31. The summed E-state index contributed by atoms with van der Waals surface area (Å²) in [5, 5.41) is 2.50. The zero-order valence-corrected chi connectivity index (χ0v) is 10.4. The summed E-state index contributed by atoms with van der Waals surface area (Å²) >= 11 is 0. The Hall–Kier alpha value is -2.56. The van der Waals surface area contributed by atoms with Gasteiger partial charge >= 0.3 is 6.03 Å². The van der Waals surface area contributed by atoms with Crippen molar-refractivity contribution in [2.45, 2.75) is 0 Å². The SMILES string of the molecule is CN(C(=O)Nc1ccccc1F)c1ccc(N)cc1. The van der Waals surface area contributed by atoms with E-state index in [2.05, 4.69) is 5.32 Å². The summed E-state index contributed by atoms with van der Waals surface area (Å²) < 4.78 is 13.4. The van der Waals surface area contributed by atoms with Crippen LogP contribution in [0.5, 0.6) is 0 Å². The van der Waals surface area contributed by atoms with Crippen molar-refractivity contribution < 1.29 is 9.18 Å². The summed E-state index contributed by atoms with van der Waals surface area (Å²) in [5.74, 6) is -0.471. The highest BCUT2D eigenvalue weighted by atomic mass is 19.1. The number of urea groups is 1. The highest BCUT2D eigenvalue weighted by molar-refractivity contribution is 6.01. The van der Waals surface area contributed by atoms with Gasteiger partial charge in [0.05, 0.1) is 5.69 Å². The summed E-state index contributed by atoms with van der Waals surface area (Å²) in [6, 6.07) is 12.4. The molecule has 0 unspecified atom stereocenters. The molecule has 0 saturated carbocycles. The summed E-state index contributed by atoms with van der Waals surface area (Å²) in [6.45, 7) is 0. The fourth-order valence-corrected chi connectivity index (χ4v) is 1.58. The third kappa shape index (κ3) is 3.01. The molecule has 0 fully saturated rings. The van der Waals surface area contributed by atoms with Gasteiger partial charge in [0.25, 0.3) is 0 Å². The number of nitrogen functional groups attached to an aromatic ring is 1. The number of nitrogens with one attached hydrogen (secondary N) is 1. The molecule has 0 atom stereocenters. The molecule has 98 valence electrons. The minimum Gasteiger partial charge on any atom is -0.399 e. The van der Waals surface area contributed by atoms with Gasteiger partial charge in [-0.1, -0.05) is 12.1 Å².